The third kappa shape index (κ3) is 6.78. The molecule has 0 bridgehead atoms. The maximum absolute atomic E-state index is 12.7. The lowest BCUT2D eigenvalue weighted by Crippen LogP contribution is -2.37. The van der Waals surface area contributed by atoms with E-state index in [2.05, 4.69) is 36.1 Å². The van der Waals surface area contributed by atoms with Gasteiger partial charge < -0.3 is 10.6 Å². The second-order valence-corrected chi connectivity index (χ2v) is 7.20. The fourth-order valence-corrected chi connectivity index (χ4v) is 3.54. The Morgan fingerprint density at radius 1 is 1.00 bits per heavy atom. The summed E-state index contributed by atoms with van der Waals surface area (Å²) < 4.78 is 0. The highest BCUT2D eigenvalue weighted by Gasteiger charge is 2.24. The van der Waals surface area contributed by atoms with Crippen LogP contribution in [0, 0.1) is 0 Å². The monoisotopic (exact) mass is 423 g/mol. The van der Waals surface area contributed by atoms with E-state index >= 15 is 0 Å². The molecule has 4 nitrogen and oxygen atoms in total. The van der Waals surface area contributed by atoms with E-state index in [-0.39, 0.29) is 36.8 Å². The Kier molecular flexibility index (Phi) is 10.5. The van der Waals surface area contributed by atoms with Crippen molar-refractivity contribution < 1.29 is 4.79 Å². The van der Waals surface area contributed by atoms with Gasteiger partial charge in [-0.2, -0.15) is 0 Å². The number of nitrogens with two attached hydrogens (primary N) is 1. The average Bonchev–Trinajstić information content (AvgIpc) is 2.85. The zero-order chi connectivity index (χ0) is 18.4. The SMILES string of the molecule is CC1CCN(C(=O)CC(N)c2ccccc2)CCN1Cc1ccccc1.Cl.Cl. The molecule has 2 N–H and O–H groups in total. The van der Waals surface area contributed by atoms with Crippen LogP contribution in [0.2, 0.25) is 0 Å². The summed E-state index contributed by atoms with van der Waals surface area (Å²) in [6.45, 7) is 5.69. The molecule has 28 heavy (non-hydrogen) atoms. The fraction of sp³-hybridized carbons (Fsp3) is 0.409. The molecule has 0 aliphatic carbocycles. The van der Waals surface area contributed by atoms with Crippen LogP contribution in [0.5, 0.6) is 0 Å². The van der Waals surface area contributed by atoms with Crippen molar-refractivity contribution in [1.82, 2.24) is 9.80 Å². The van der Waals surface area contributed by atoms with Gasteiger partial charge in [0, 0.05) is 44.7 Å². The van der Waals surface area contributed by atoms with Crippen molar-refractivity contribution >= 4 is 30.7 Å². The first-order valence-electron chi connectivity index (χ1n) is 9.50. The first-order valence-corrected chi connectivity index (χ1v) is 9.50. The van der Waals surface area contributed by atoms with Crippen LogP contribution < -0.4 is 5.73 Å². The van der Waals surface area contributed by atoms with Crippen molar-refractivity contribution in [1.29, 1.82) is 0 Å². The predicted octanol–water partition coefficient (Wildman–Crippen LogP) is 4.04. The normalized spacial score (nSPS) is 18.4. The first kappa shape index (κ1) is 24.4. The number of amides is 1. The average molecular weight is 424 g/mol. The Morgan fingerprint density at radius 2 is 1.61 bits per heavy atom. The number of rotatable bonds is 5. The molecule has 1 aliphatic heterocycles. The molecule has 1 heterocycles. The molecule has 0 aromatic heterocycles. The van der Waals surface area contributed by atoms with Crippen LogP contribution in [0.25, 0.3) is 0 Å². The lowest BCUT2D eigenvalue weighted by molar-refractivity contribution is -0.131. The molecular weight excluding hydrogens is 393 g/mol. The minimum Gasteiger partial charge on any atom is -0.341 e. The molecule has 3 rings (SSSR count). The summed E-state index contributed by atoms with van der Waals surface area (Å²) >= 11 is 0. The van der Waals surface area contributed by atoms with Crippen LogP contribution in [-0.2, 0) is 11.3 Å². The van der Waals surface area contributed by atoms with Gasteiger partial charge in [-0.3, -0.25) is 9.69 Å². The number of halogens is 2. The maximum atomic E-state index is 12.7. The van der Waals surface area contributed by atoms with E-state index in [1.807, 2.05) is 41.3 Å². The molecule has 0 saturated carbocycles. The van der Waals surface area contributed by atoms with E-state index in [1.165, 1.54) is 5.56 Å². The quantitative estimate of drug-likeness (QED) is 0.788. The van der Waals surface area contributed by atoms with Crippen LogP contribution in [0.4, 0.5) is 0 Å². The molecule has 0 radical (unpaired) electrons. The van der Waals surface area contributed by atoms with Gasteiger partial charge in [-0.05, 0) is 24.5 Å². The lowest BCUT2D eigenvalue weighted by atomic mass is 10.0. The minimum absolute atomic E-state index is 0. The Morgan fingerprint density at radius 3 is 2.25 bits per heavy atom. The molecule has 6 heteroatoms. The number of hydrogen-bond donors (Lipinski definition) is 1. The highest BCUT2D eigenvalue weighted by Crippen LogP contribution is 2.18. The van der Waals surface area contributed by atoms with Gasteiger partial charge in [0.25, 0.3) is 0 Å². The number of nitrogens with zero attached hydrogens (tertiary/aromatic N) is 2. The molecule has 1 aliphatic rings. The minimum atomic E-state index is -0.232. The number of benzene rings is 2. The highest BCUT2D eigenvalue weighted by molar-refractivity contribution is 5.85. The molecule has 154 valence electrons. The Balaban J connectivity index is 0.00000196. The van der Waals surface area contributed by atoms with Crippen molar-refractivity contribution in [2.24, 2.45) is 5.73 Å². The van der Waals surface area contributed by atoms with Crippen molar-refractivity contribution in [2.75, 3.05) is 19.6 Å². The van der Waals surface area contributed by atoms with E-state index < -0.39 is 0 Å². The van der Waals surface area contributed by atoms with Gasteiger partial charge in [0.2, 0.25) is 5.91 Å². The van der Waals surface area contributed by atoms with Gasteiger partial charge in [0.1, 0.15) is 0 Å². The molecule has 2 aromatic carbocycles. The van der Waals surface area contributed by atoms with E-state index in [4.69, 9.17) is 5.73 Å². The third-order valence-electron chi connectivity index (χ3n) is 5.30. The topological polar surface area (TPSA) is 49.6 Å². The van der Waals surface area contributed by atoms with Crippen LogP contribution >= 0.6 is 24.8 Å². The number of carbonyl (C=O) groups excluding carboxylic acids is 1. The highest BCUT2D eigenvalue weighted by atomic mass is 35.5. The smallest absolute Gasteiger partial charge is 0.224 e. The lowest BCUT2D eigenvalue weighted by Gasteiger charge is -2.26. The zero-order valence-corrected chi connectivity index (χ0v) is 18.0. The van der Waals surface area contributed by atoms with E-state index in [0.29, 0.717) is 12.5 Å². The van der Waals surface area contributed by atoms with Crippen LogP contribution in [-0.4, -0.2) is 41.4 Å². The van der Waals surface area contributed by atoms with Crippen LogP contribution in [0.15, 0.2) is 60.7 Å². The molecular formula is C22H31Cl2N3O. The van der Waals surface area contributed by atoms with Crippen LogP contribution in [0.1, 0.15) is 36.9 Å². The van der Waals surface area contributed by atoms with Gasteiger partial charge in [-0.1, -0.05) is 60.7 Å². The summed E-state index contributed by atoms with van der Waals surface area (Å²) in [5, 5.41) is 0. The molecule has 2 aromatic rings. The molecule has 1 saturated heterocycles. The largest absolute Gasteiger partial charge is 0.341 e. The standard InChI is InChI=1S/C22H29N3O.2ClH/c1-18-12-13-24(14-15-25(18)17-19-8-4-2-5-9-19)22(26)16-21(23)20-10-6-3-7-11-20;;/h2-11,18,21H,12-17,23H2,1H3;2*1H. The third-order valence-corrected chi connectivity index (χ3v) is 5.30. The van der Waals surface area contributed by atoms with Gasteiger partial charge in [0.15, 0.2) is 0 Å². The van der Waals surface area contributed by atoms with Gasteiger partial charge in [0.05, 0.1) is 0 Å². The Bertz CT molecular complexity index is 699. The van der Waals surface area contributed by atoms with Gasteiger partial charge in [-0.25, -0.2) is 0 Å². The molecule has 2 unspecified atom stereocenters. The summed E-state index contributed by atoms with van der Waals surface area (Å²) in [7, 11) is 0. The Labute approximate surface area is 180 Å². The van der Waals surface area contributed by atoms with Crippen molar-refractivity contribution in [3.8, 4) is 0 Å². The summed E-state index contributed by atoms with van der Waals surface area (Å²) in [6.07, 6.45) is 1.37. The fourth-order valence-electron chi connectivity index (χ4n) is 3.54. The van der Waals surface area contributed by atoms with Gasteiger partial charge >= 0.3 is 0 Å². The second kappa shape index (κ2) is 12.1. The molecule has 1 amide bonds. The van der Waals surface area contributed by atoms with Gasteiger partial charge in [-0.15, -0.1) is 24.8 Å². The van der Waals surface area contributed by atoms with Crippen LogP contribution in [0.3, 0.4) is 0 Å². The van der Waals surface area contributed by atoms with Crippen molar-refractivity contribution in [3.05, 3.63) is 71.8 Å². The van der Waals surface area contributed by atoms with E-state index in [1.54, 1.807) is 0 Å². The summed E-state index contributed by atoms with van der Waals surface area (Å²) in [5.41, 5.74) is 8.59. The molecule has 0 spiro atoms. The summed E-state index contributed by atoms with van der Waals surface area (Å²) in [4.78, 5) is 17.2. The van der Waals surface area contributed by atoms with E-state index in [9.17, 15) is 4.79 Å². The predicted molar refractivity (Wildman–Crippen MR) is 120 cm³/mol. The van der Waals surface area contributed by atoms with Crippen molar-refractivity contribution in [3.63, 3.8) is 0 Å². The number of carbonyl (C=O) groups is 1. The summed E-state index contributed by atoms with van der Waals surface area (Å²) in [6, 6.07) is 20.7. The summed E-state index contributed by atoms with van der Waals surface area (Å²) in [5.74, 6) is 0.162. The number of hydrogen-bond acceptors (Lipinski definition) is 3. The maximum Gasteiger partial charge on any atom is 0.224 e. The molecule has 1 fully saturated rings. The zero-order valence-electron chi connectivity index (χ0n) is 16.4. The Hall–Kier alpha value is -1.59. The second-order valence-electron chi connectivity index (χ2n) is 7.20. The van der Waals surface area contributed by atoms with Crippen molar-refractivity contribution in [2.45, 2.75) is 38.4 Å². The first-order chi connectivity index (χ1) is 12.6. The van der Waals surface area contributed by atoms with E-state index in [0.717, 1.165) is 38.2 Å². The molecule has 2 atom stereocenters.